The summed E-state index contributed by atoms with van der Waals surface area (Å²) in [6, 6.07) is 4.47. The third-order valence-corrected chi connectivity index (χ3v) is 5.94. The highest BCUT2D eigenvalue weighted by Crippen LogP contribution is 2.28. The quantitative estimate of drug-likeness (QED) is 0.789. The van der Waals surface area contributed by atoms with Gasteiger partial charge in [-0.2, -0.15) is 0 Å². The molecule has 0 aliphatic carbocycles. The molecule has 1 aromatic rings. The van der Waals surface area contributed by atoms with Crippen molar-refractivity contribution in [3.8, 4) is 0 Å². The number of likely N-dealkylation sites (tertiary alicyclic amines) is 2. The van der Waals surface area contributed by atoms with Crippen molar-refractivity contribution >= 4 is 47.4 Å². The van der Waals surface area contributed by atoms with Gasteiger partial charge in [-0.15, -0.1) is 12.4 Å². The SMILES string of the molecule is CNCC1CCN(C(=O)C2CCCN2C(=O)c2cc(Cl)ccc2Cl)CC1.Cl. The number of hydrogen-bond donors (Lipinski definition) is 1. The third-order valence-electron chi connectivity index (χ3n) is 5.38. The summed E-state index contributed by atoms with van der Waals surface area (Å²) in [5.41, 5.74) is 0.367. The second-order valence-electron chi connectivity index (χ2n) is 7.11. The van der Waals surface area contributed by atoms with Gasteiger partial charge in [0.05, 0.1) is 10.6 Å². The van der Waals surface area contributed by atoms with E-state index in [-0.39, 0.29) is 24.2 Å². The van der Waals surface area contributed by atoms with E-state index in [4.69, 9.17) is 23.2 Å². The molecule has 2 amide bonds. The maximum Gasteiger partial charge on any atom is 0.256 e. The lowest BCUT2D eigenvalue weighted by Crippen LogP contribution is -2.50. The van der Waals surface area contributed by atoms with Gasteiger partial charge in [0, 0.05) is 24.7 Å². The summed E-state index contributed by atoms with van der Waals surface area (Å²) >= 11 is 12.2. The van der Waals surface area contributed by atoms with Gasteiger partial charge in [-0.3, -0.25) is 9.59 Å². The molecule has 27 heavy (non-hydrogen) atoms. The smallest absolute Gasteiger partial charge is 0.256 e. The molecule has 5 nitrogen and oxygen atoms in total. The van der Waals surface area contributed by atoms with E-state index in [1.54, 1.807) is 23.1 Å². The predicted molar refractivity (Wildman–Crippen MR) is 111 cm³/mol. The summed E-state index contributed by atoms with van der Waals surface area (Å²) in [6.45, 7) is 3.10. The van der Waals surface area contributed by atoms with E-state index in [1.807, 2.05) is 11.9 Å². The molecule has 2 fully saturated rings. The molecule has 1 atom stereocenters. The molecule has 8 heteroatoms. The molecule has 2 aliphatic rings. The highest BCUT2D eigenvalue weighted by Gasteiger charge is 2.38. The topological polar surface area (TPSA) is 52.7 Å². The first-order chi connectivity index (χ1) is 12.5. The molecule has 1 unspecified atom stereocenters. The molecule has 150 valence electrons. The number of halogens is 3. The lowest BCUT2D eigenvalue weighted by atomic mass is 9.96. The minimum Gasteiger partial charge on any atom is -0.341 e. The predicted octanol–water partition coefficient (Wildman–Crippen LogP) is 3.48. The Hall–Kier alpha value is -1.01. The average Bonchev–Trinajstić information content (AvgIpc) is 3.13. The maximum atomic E-state index is 13.0. The zero-order valence-corrected chi connectivity index (χ0v) is 17.7. The van der Waals surface area contributed by atoms with Crippen LogP contribution in [0.5, 0.6) is 0 Å². The number of carbonyl (C=O) groups excluding carboxylic acids is 2. The summed E-state index contributed by atoms with van der Waals surface area (Å²) in [6.07, 6.45) is 3.55. The van der Waals surface area contributed by atoms with Crippen molar-refractivity contribution in [1.82, 2.24) is 15.1 Å². The Morgan fingerprint density at radius 2 is 1.85 bits per heavy atom. The number of rotatable bonds is 4. The fourth-order valence-electron chi connectivity index (χ4n) is 3.94. The Morgan fingerprint density at radius 1 is 1.15 bits per heavy atom. The highest BCUT2D eigenvalue weighted by atomic mass is 35.5. The van der Waals surface area contributed by atoms with E-state index in [2.05, 4.69) is 5.32 Å². The molecular weight excluding hydrogens is 409 g/mol. The maximum absolute atomic E-state index is 13.0. The second kappa shape index (κ2) is 9.97. The molecule has 0 spiro atoms. The Bertz CT molecular complexity index is 678. The van der Waals surface area contributed by atoms with Gasteiger partial charge in [-0.05, 0) is 63.4 Å². The molecule has 0 radical (unpaired) electrons. The molecule has 1 N–H and O–H groups in total. The fourth-order valence-corrected chi connectivity index (χ4v) is 4.31. The van der Waals surface area contributed by atoms with Crippen LogP contribution in [0.1, 0.15) is 36.0 Å². The Kier molecular flexibility index (Phi) is 8.22. The van der Waals surface area contributed by atoms with E-state index >= 15 is 0 Å². The van der Waals surface area contributed by atoms with Gasteiger partial charge >= 0.3 is 0 Å². The number of nitrogens with one attached hydrogen (secondary N) is 1. The number of nitrogens with zero attached hydrogens (tertiary/aromatic N) is 2. The Labute approximate surface area is 176 Å². The molecule has 2 heterocycles. The van der Waals surface area contributed by atoms with E-state index in [0.717, 1.165) is 38.9 Å². The van der Waals surface area contributed by atoms with Crippen molar-refractivity contribution in [2.45, 2.75) is 31.7 Å². The number of hydrogen-bond acceptors (Lipinski definition) is 3. The van der Waals surface area contributed by atoms with E-state index < -0.39 is 6.04 Å². The Balaban J connectivity index is 0.00000261. The normalized spacial score (nSPS) is 20.5. The lowest BCUT2D eigenvalue weighted by Gasteiger charge is -2.35. The number of amides is 2. The van der Waals surface area contributed by atoms with Crippen LogP contribution in [-0.4, -0.2) is 60.9 Å². The first-order valence-corrected chi connectivity index (χ1v) is 9.96. The van der Waals surface area contributed by atoms with Gasteiger partial charge in [-0.25, -0.2) is 0 Å². The monoisotopic (exact) mass is 433 g/mol. The van der Waals surface area contributed by atoms with Crippen LogP contribution in [0, 0.1) is 5.92 Å². The fraction of sp³-hybridized carbons (Fsp3) is 0.579. The molecule has 2 aliphatic heterocycles. The highest BCUT2D eigenvalue weighted by molar-refractivity contribution is 6.35. The zero-order chi connectivity index (χ0) is 18.7. The summed E-state index contributed by atoms with van der Waals surface area (Å²) < 4.78 is 0. The number of benzene rings is 1. The van der Waals surface area contributed by atoms with Crippen LogP contribution in [0.25, 0.3) is 0 Å². The number of piperidine rings is 1. The van der Waals surface area contributed by atoms with Gasteiger partial charge in [0.1, 0.15) is 6.04 Å². The van der Waals surface area contributed by atoms with Crippen molar-refractivity contribution < 1.29 is 9.59 Å². The van der Waals surface area contributed by atoms with Crippen LogP contribution in [0.15, 0.2) is 18.2 Å². The van der Waals surface area contributed by atoms with Crippen LogP contribution < -0.4 is 5.32 Å². The largest absolute Gasteiger partial charge is 0.341 e. The van der Waals surface area contributed by atoms with Crippen molar-refractivity contribution in [2.24, 2.45) is 5.92 Å². The summed E-state index contributed by atoms with van der Waals surface area (Å²) in [5.74, 6) is 0.478. The van der Waals surface area contributed by atoms with Gasteiger partial charge < -0.3 is 15.1 Å². The van der Waals surface area contributed by atoms with E-state index in [1.165, 1.54) is 0 Å². The van der Waals surface area contributed by atoms with Crippen LogP contribution in [-0.2, 0) is 4.79 Å². The minimum absolute atomic E-state index is 0. The lowest BCUT2D eigenvalue weighted by molar-refractivity contribution is -0.136. The minimum atomic E-state index is -0.390. The van der Waals surface area contributed by atoms with Gasteiger partial charge in [0.2, 0.25) is 5.91 Å². The number of carbonyl (C=O) groups is 2. The molecule has 0 bridgehead atoms. The standard InChI is InChI=1S/C19H25Cl2N3O2.ClH/c1-22-12-13-6-9-23(10-7-13)19(26)17-3-2-8-24(17)18(25)15-11-14(20)4-5-16(15)21;/h4-5,11,13,17,22H,2-3,6-10,12H2,1H3;1H. The van der Waals surface area contributed by atoms with Crippen LogP contribution in [0.2, 0.25) is 10.0 Å². The molecule has 3 rings (SSSR count). The molecular formula is C19H26Cl3N3O2. The van der Waals surface area contributed by atoms with Crippen LogP contribution in [0.4, 0.5) is 0 Å². The summed E-state index contributed by atoms with van der Waals surface area (Å²) in [4.78, 5) is 29.6. The second-order valence-corrected chi connectivity index (χ2v) is 7.95. The van der Waals surface area contributed by atoms with Crippen molar-refractivity contribution in [3.05, 3.63) is 33.8 Å². The van der Waals surface area contributed by atoms with Crippen molar-refractivity contribution in [3.63, 3.8) is 0 Å². The summed E-state index contributed by atoms with van der Waals surface area (Å²) in [7, 11) is 1.96. The first-order valence-electron chi connectivity index (χ1n) is 9.20. The van der Waals surface area contributed by atoms with Crippen molar-refractivity contribution in [2.75, 3.05) is 33.2 Å². The average molecular weight is 435 g/mol. The molecule has 2 saturated heterocycles. The van der Waals surface area contributed by atoms with Crippen LogP contribution in [0.3, 0.4) is 0 Å². The van der Waals surface area contributed by atoms with Crippen LogP contribution >= 0.6 is 35.6 Å². The van der Waals surface area contributed by atoms with Gasteiger partial charge in [0.25, 0.3) is 5.91 Å². The van der Waals surface area contributed by atoms with E-state index in [0.29, 0.717) is 34.5 Å². The molecule has 0 aromatic heterocycles. The van der Waals surface area contributed by atoms with Gasteiger partial charge in [-0.1, -0.05) is 23.2 Å². The zero-order valence-electron chi connectivity index (χ0n) is 15.4. The van der Waals surface area contributed by atoms with Crippen molar-refractivity contribution in [1.29, 1.82) is 0 Å². The van der Waals surface area contributed by atoms with E-state index in [9.17, 15) is 9.59 Å². The summed E-state index contributed by atoms with van der Waals surface area (Å²) in [5, 5.41) is 4.04. The first kappa shape index (κ1) is 22.3. The Morgan fingerprint density at radius 3 is 2.52 bits per heavy atom. The van der Waals surface area contributed by atoms with Gasteiger partial charge in [0.15, 0.2) is 0 Å². The third kappa shape index (κ3) is 5.08. The molecule has 1 aromatic carbocycles. The molecule has 0 saturated carbocycles.